The quantitative estimate of drug-likeness (QED) is 0.0795. The standard InChI is InChI=1S/C60H66F3NO5S/c1-8-12-32-66-44-20-14-41(15-21-44)59(42-16-22-45(23-17-42)67-33-13-9-2)31-28-49-56-55(50-35-53(64-37-39(5)68-40(6)38-64)54(65-7)36-51(50)57(49)69-59)48-27-26-47(34-52(48)58(56,29-10-3)30-11-4)70-46-24-18-43(19-25-46)60(61,62)63/h14-28,31,34-36,39-40H,8-13,29-30,32-33,37-38H2,1-7H3/t39-,40+. The molecule has 368 valence electrons. The molecule has 0 unspecified atom stereocenters. The first-order valence-corrected chi connectivity index (χ1v) is 26.1. The first-order valence-electron chi connectivity index (χ1n) is 25.3. The summed E-state index contributed by atoms with van der Waals surface area (Å²) in [6, 6.07) is 33.4. The van der Waals surface area contributed by atoms with Crippen LogP contribution >= 0.6 is 11.8 Å². The number of alkyl halides is 3. The number of methoxy groups -OCH3 is 1. The predicted molar refractivity (Wildman–Crippen MR) is 278 cm³/mol. The van der Waals surface area contributed by atoms with Crippen molar-refractivity contribution in [1.29, 1.82) is 0 Å². The van der Waals surface area contributed by atoms with Gasteiger partial charge in [-0.15, -0.1) is 0 Å². The lowest BCUT2D eigenvalue weighted by Gasteiger charge is -2.40. The van der Waals surface area contributed by atoms with Crippen LogP contribution < -0.4 is 23.8 Å². The minimum Gasteiger partial charge on any atom is -0.495 e. The molecule has 70 heavy (non-hydrogen) atoms. The SMILES string of the molecule is CCCCOc1ccc(C2(c3ccc(OCCCC)cc3)C=Cc3c4c(c5cc(N6C[C@@H](C)O[C@@H](C)C6)c(OC)cc5c3O2)-c2ccc(Sc3ccc(C(F)(F)F)cc3)cc2C4(CCC)CCC)cc1. The van der Waals surface area contributed by atoms with E-state index in [1.54, 1.807) is 19.2 Å². The van der Waals surface area contributed by atoms with Gasteiger partial charge in [0.2, 0.25) is 0 Å². The van der Waals surface area contributed by atoms with Crippen molar-refractivity contribution in [3.05, 3.63) is 143 Å². The monoisotopic (exact) mass is 969 g/mol. The van der Waals surface area contributed by atoms with Crippen molar-refractivity contribution in [3.63, 3.8) is 0 Å². The third kappa shape index (κ3) is 9.38. The summed E-state index contributed by atoms with van der Waals surface area (Å²) < 4.78 is 73.6. The van der Waals surface area contributed by atoms with Crippen molar-refractivity contribution in [2.24, 2.45) is 0 Å². The fourth-order valence-corrected chi connectivity index (χ4v) is 12.0. The van der Waals surface area contributed by atoms with Crippen molar-refractivity contribution >= 4 is 34.3 Å². The third-order valence-corrected chi connectivity index (χ3v) is 15.2. The number of anilines is 1. The van der Waals surface area contributed by atoms with Crippen LogP contribution in [0.25, 0.3) is 28.0 Å². The Hall–Kier alpha value is -5.58. The van der Waals surface area contributed by atoms with E-state index in [1.807, 2.05) is 24.3 Å². The lowest BCUT2D eigenvalue weighted by atomic mass is 9.69. The molecule has 6 nitrogen and oxygen atoms in total. The number of nitrogens with zero attached hydrogens (tertiary/aromatic N) is 1. The molecule has 0 saturated carbocycles. The molecule has 1 fully saturated rings. The van der Waals surface area contributed by atoms with Crippen LogP contribution in [-0.2, 0) is 21.9 Å². The van der Waals surface area contributed by atoms with E-state index in [2.05, 4.69) is 113 Å². The molecule has 9 rings (SSSR count). The fraction of sp³-hybridized carbons (Fsp3) is 0.400. The molecule has 0 aromatic heterocycles. The average Bonchev–Trinajstić information content (AvgIpc) is 3.62. The zero-order valence-corrected chi connectivity index (χ0v) is 42.5. The summed E-state index contributed by atoms with van der Waals surface area (Å²) >= 11 is 1.50. The number of rotatable bonds is 18. The van der Waals surface area contributed by atoms with Crippen LogP contribution in [0.2, 0.25) is 0 Å². The third-order valence-electron chi connectivity index (χ3n) is 14.2. The number of benzene rings is 6. The van der Waals surface area contributed by atoms with Gasteiger partial charge in [0.05, 0.1) is 43.8 Å². The molecule has 0 amide bonds. The van der Waals surface area contributed by atoms with E-state index in [1.165, 1.54) is 46.1 Å². The number of morpholine rings is 1. The van der Waals surface area contributed by atoms with E-state index in [-0.39, 0.29) is 12.2 Å². The van der Waals surface area contributed by atoms with E-state index in [0.29, 0.717) is 26.3 Å². The molecule has 0 N–H and O–H groups in total. The van der Waals surface area contributed by atoms with Crippen molar-refractivity contribution in [3.8, 4) is 34.1 Å². The Bertz CT molecular complexity index is 2750. The molecule has 2 atom stereocenters. The average molecular weight is 970 g/mol. The van der Waals surface area contributed by atoms with Crippen LogP contribution in [-0.4, -0.2) is 45.6 Å². The predicted octanol–water partition coefficient (Wildman–Crippen LogP) is 16.2. The molecule has 6 aromatic rings. The number of hydrogen-bond donors (Lipinski definition) is 0. The summed E-state index contributed by atoms with van der Waals surface area (Å²) in [5.41, 5.74) is 6.77. The van der Waals surface area contributed by atoms with Gasteiger partial charge in [-0.25, -0.2) is 0 Å². The van der Waals surface area contributed by atoms with Crippen LogP contribution in [0.15, 0.2) is 119 Å². The molecule has 0 bridgehead atoms. The van der Waals surface area contributed by atoms with E-state index in [9.17, 15) is 13.2 Å². The van der Waals surface area contributed by atoms with Gasteiger partial charge in [0.15, 0.2) is 5.60 Å². The largest absolute Gasteiger partial charge is 0.495 e. The second kappa shape index (κ2) is 20.6. The second-order valence-electron chi connectivity index (χ2n) is 19.3. The number of halogens is 3. The summed E-state index contributed by atoms with van der Waals surface area (Å²) in [5.74, 6) is 3.19. The molecular formula is C60H66F3NO5S. The molecule has 3 aliphatic rings. The van der Waals surface area contributed by atoms with Gasteiger partial charge in [-0.3, -0.25) is 0 Å². The normalized spacial score (nSPS) is 17.7. The van der Waals surface area contributed by atoms with Gasteiger partial charge in [-0.2, -0.15) is 13.2 Å². The van der Waals surface area contributed by atoms with E-state index < -0.39 is 22.8 Å². The van der Waals surface area contributed by atoms with Crippen molar-refractivity contribution in [1.82, 2.24) is 0 Å². The van der Waals surface area contributed by atoms with Gasteiger partial charge in [0.1, 0.15) is 23.0 Å². The van der Waals surface area contributed by atoms with E-state index >= 15 is 0 Å². The first-order chi connectivity index (χ1) is 33.9. The summed E-state index contributed by atoms with van der Waals surface area (Å²) in [6.07, 6.45) is 7.94. The molecular weight excluding hydrogens is 904 g/mol. The zero-order chi connectivity index (χ0) is 49.2. The van der Waals surface area contributed by atoms with Crippen LogP contribution in [0.5, 0.6) is 23.0 Å². The van der Waals surface area contributed by atoms with Crippen molar-refractivity contribution in [2.75, 3.05) is 38.3 Å². The molecule has 1 aliphatic carbocycles. The Morgan fingerprint density at radius 2 is 1.29 bits per heavy atom. The lowest BCUT2D eigenvalue weighted by molar-refractivity contribution is -0.137. The van der Waals surface area contributed by atoms with Crippen molar-refractivity contribution in [2.45, 2.75) is 132 Å². The summed E-state index contributed by atoms with van der Waals surface area (Å²) in [7, 11) is 1.75. The van der Waals surface area contributed by atoms with Crippen molar-refractivity contribution < 1.29 is 36.9 Å². The molecule has 1 saturated heterocycles. The van der Waals surface area contributed by atoms with Gasteiger partial charge < -0.3 is 28.6 Å². The molecule has 2 heterocycles. The summed E-state index contributed by atoms with van der Waals surface area (Å²) in [4.78, 5) is 4.13. The van der Waals surface area contributed by atoms with Gasteiger partial charge in [0, 0.05) is 50.4 Å². The molecule has 10 heteroatoms. The summed E-state index contributed by atoms with van der Waals surface area (Å²) in [5, 5.41) is 2.03. The Morgan fingerprint density at radius 1 is 0.700 bits per heavy atom. The molecule has 2 aliphatic heterocycles. The van der Waals surface area contributed by atoms with Gasteiger partial charge in [0.25, 0.3) is 0 Å². The maximum absolute atomic E-state index is 13.6. The molecule has 0 spiro atoms. The maximum Gasteiger partial charge on any atom is 0.416 e. The van der Waals surface area contributed by atoms with Gasteiger partial charge >= 0.3 is 6.18 Å². The Balaban J connectivity index is 1.28. The second-order valence-corrected chi connectivity index (χ2v) is 20.4. The number of fused-ring (bicyclic) bond motifs is 8. The minimum absolute atomic E-state index is 0.0300. The number of unbranched alkanes of at least 4 members (excludes halogenated alkanes) is 2. The summed E-state index contributed by atoms with van der Waals surface area (Å²) in [6.45, 7) is 15.8. The van der Waals surface area contributed by atoms with Crippen LogP contribution in [0, 0.1) is 0 Å². The Morgan fingerprint density at radius 3 is 1.83 bits per heavy atom. The number of hydrogen-bond acceptors (Lipinski definition) is 7. The minimum atomic E-state index is -4.40. The highest BCUT2D eigenvalue weighted by atomic mass is 32.2. The molecule has 0 radical (unpaired) electrons. The Labute approximate surface area is 416 Å². The topological polar surface area (TPSA) is 49.4 Å². The fourth-order valence-electron chi connectivity index (χ4n) is 11.1. The van der Waals surface area contributed by atoms with Crippen LogP contribution in [0.4, 0.5) is 18.9 Å². The van der Waals surface area contributed by atoms with E-state index in [0.717, 1.165) is 117 Å². The maximum atomic E-state index is 13.6. The van der Waals surface area contributed by atoms with E-state index in [4.69, 9.17) is 23.7 Å². The lowest BCUT2D eigenvalue weighted by Crippen LogP contribution is -2.45. The zero-order valence-electron chi connectivity index (χ0n) is 41.6. The Kier molecular flexibility index (Phi) is 14.6. The highest BCUT2D eigenvalue weighted by molar-refractivity contribution is 7.99. The highest BCUT2D eigenvalue weighted by Gasteiger charge is 2.48. The van der Waals surface area contributed by atoms with Crippen LogP contribution in [0.1, 0.15) is 126 Å². The van der Waals surface area contributed by atoms with Gasteiger partial charge in [-0.05, 0) is 146 Å². The first kappa shape index (κ1) is 49.4. The molecule has 6 aromatic carbocycles. The smallest absolute Gasteiger partial charge is 0.416 e. The number of ether oxygens (including phenoxy) is 5. The van der Waals surface area contributed by atoms with Crippen LogP contribution in [0.3, 0.4) is 0 Å². The van der Waals surface area contributed by atoms with Gasteiger partial charge in [-0.1, -0.05) is 102 Å². The highest BCUT2D eigenvalue weighted by Crippen LogP contribution is 2.62.